The van der Waals surface area contributed by atoms with E-state index < -0.39 is 0 Å². The molecule has 34 heavy (non-hydrogen) atoms. The van der Waals surface area contributed by atoms with Crippen LogP contribution in [-0.2, 0) is 9.53 Å². The summed E-state index contributed by atoms with van der Waals surface area (Å²) in [6.07, 6.45) is 3.98. The fourth-order valence-corrected chi connectivity index (χ4v) is 5.37. The SMILES string of the molecule is Cc1ccc([C@@H](CCNC(=O)C[C@@H](c2ccccc2)[C@@H]2CCOCC2(C)C)c2ccco2)cc1. The van der Waals surface area contributed by atoms with Gasteiger partial charge in [-0.3, -0.25) is 4.79 Å². The van der Waals surface area contributed by atoms with Crippen molar-refractivity contribution in [1.29, 1.82) is 0 Å². The van der Waals surface area contributed by atoms with Gasteiger partial charge in [0.05, 0.1) is 12.9 Å². The standard InChI is InChI=1S/C30H37NO3/c1-22-11-13-24(14-12-22)25(28-10-7-18-34-28)15-17-31-29(32)20-26(23-8-5-4-6-9-23)27-16-19-33-21-30(27,2)3/h4-14,18,25-27H,15-17,19-21H2,1-3H3,(H,31,32)/t25-,26+,27+/m1/s1. The van der Waals surface area contributed by atoms with Crippen molar-refractivity contribution in [3.8, 4) is 0 Å². The monoisotopic (exact) mass is 459 g/mol. The van der Waals surface area contributed by atoms with Crippen LogP contribution in [0.2, 0.25) is 0 Å². The number of ether oxygens (including phenoxy) is 1. The van der Waals surface area contributed by atoms with Gasteiger partial charge < -0.3 is 14.5 Å². The minimum Gasteiger partial charge on any atom is -0.469 e. The maximum Gasteiger partial charge on any atom is 0.220 e. The third kappa shape index (κ3) is 5.98. The molecule has 1 aromatic heterocycles. The van der Waals surface area contributed by atoms with Gasteiger partial charge in [-0.25, -0.2) is 0 Å². The summed E-state index contributed by atoms with van der Waals surface area (Å²) in [5, 5.41) is 3.21. The van der Waals surface area contributed by atoms with Gasteiger partial charge in [-0.15, -0.1) is 0 Å². The molecule has 0 spiro atoms. The van der Waals surface area contributed by atoms with Gasteiger partial charge in [0.15, 0.2) is 0 Å². The zero-order chi connectivity index (χ0) is 24.0. The van der Waals surface area contributed by atoms with Gasteiger partial charge >= 0.3 is 0 Å². The Labute approximate surface area is 203 Å². The summed E-state index contributed by atoms with van der Waals surface area (Å²) < 4.78 is 11.5. The second-order valence-corrected chi connectivity index (χ2v) is 10.3. The first kappa shape index (κ1) is 24.3. The van der Waals surface area contributed by atoms with Gasteiger partial charge in [0, 0.05) is 25.5 Å². The molecule has 1 amide bonds. The highest BCUT2D eigenvalue weighted by Crippen LogP contribution is 2.44. The maximum atomic E-state index is 13.2. The van der Waals surface area contributed by atoms with Crippen molar-refractivity contribution in [3.63, 3.8) is 0 Å². The molecule has 1 aliphatic rings. The molecule has 1 saturated heterocycles. The normalized spacial score (nSPS) is 19.3. The highest BCUT2D eigenvalue weighted by Gasteiger charge is 2.39. The van der Waals surface area contributed by atoms with Gasteiger partial charge in [-0.2, -0.15) is 0 Å². The smallest absolute Gasteiger partial charge is 0.220 e. The summed E-state index contributed by atoms with van der Waals surface area (Å²) in [5.74, 6) is 1.74. The number of hydrogen-bond donors (Lipinski definition) is 1. The van der Waals surface area contributed by atoms with E-state index in [2.05, 4.69) is 74.6 Å². The number of benzene rings is 2. The van der Waals surface area contributed by atoms with Crippen LogP contribution < -0.4 is 5.32 Å². The van der Waals surface area contributed by atoms with E-state index in [9.17, 15) is 4.79 Å². The molecule has 4 nitrogen and oxygen atoms in total. The highest BCUT2D eigenvalue weighted by molar-refractivity contribution is 5.77. The van der Waals surface area contributed by atoms with Gasteiger partial charge in [0.1, 0.15) is 5.76 Å². The summed E-state index contributed by atoms with van der Waals surface area (Å²) in [6, 6.07) is 23.0. The quantitative estimate of drug-likeness (QED) is 0.399. The van der Waals surface area contributed by atoms with Crippen molar-refractivity contribution in [1.82, 2.24) is 5.32 Å². The minimum absolute atomic E-state index is 0.0366. The van der Waals surface area contributed by atoms with Crippen molar-refractivity contribution in [2.24, 2.45) is 11.3 Å². The van der Waals surface area contributed by atoms with Crippen LogP contribution in [0.25, 0.3) is 0 Å². The van der Waals surface area contributed by atoms with Crippen LogP contribution in [0.4, 0.5) is 0 Å². The van der Waals surface area contributed by atoms with E-state index in [4.69, 9.17) is 9.15 Å². The molecule has 1 fully saturated rings. The first-order valence-electron chi connectivity index (χ1n) is 12.4. The maximum absolute atomic E-state index is 13.2. The number of rotatable bonds is 9. The van der Waals surface area contributed by atoms with Crippen molar-refractivity contribution in [2.45, 2.75) is 51.9 Å². The number of furan rings is 1. The van der Waals surface area contributed by atoms with E-state index in [1.54, 1.807) is 6.26 Å². The van der Waals surface area contributed by atoms with Gasteiger partial charge in [-0.1, -0.05) is 74.0 Å². The Hall–Kier alpha value is -2.85. The third-order valence-electron chi connectivity index (χ3n) is 7.29. The Balaban J connectivity index is 1.42. The van der Waals surface area contributed by atoms with Crippen molar-refractivity contribution in [2.75, 3.05) is 19.8 Å². The van der Waals surface area contributed by atoms with E-state index in [-0.39, 0.29) is 23.2 Å². The number of carbonyl (C=O) groups is 1. The van der Waals surface area contributed by atoms with E-state index in [0.29, 0.717) is 18.9 Å². The molecule has 2 heterocycles. The lowest BCUT2D eigenvalue weighted by atomic mass is 9.66. The molecule has 0 unspecified atom stereocenters. The lowest BCUT2D eigenvalue weighted by Gasteiger charge is -2.43. The molecule has 3 atom stereocenters. The average Bonchev–Trinajstić information content (AvgIpc) is 3.36. The van der Waals surface area contributed by atoms with E-state index in [0.717, 1.165) is 31.8 Å². The summed E-state index contributed by atoms with van der Waals surface area (Å²) in [6.45, 7) is 8.73. The molecule has 1 N–H and O–H groups in total. The Morgan fingerprint density at radius 3 is 2.47 bits per heavy atom. The number of hydrogen-bond acceptors (Lipinski definition) is 3. The molecule has 0 radical (unpaired) electrons. The minimum atomic E-state index is 0.0366. The first-order chi connectivity index (χ1) is 16.4. The number of amides is 1. The molecule has 0 bridgehead atoms. The predicted molar refractivity (Wildman–Crippen MR) is 136 cm³/mol. The van der Waals surface area contributed by atoms with Crippen LogP contribution in [0.3, 0.4) is 0 Å². The fraction of sp³-hybridized carbons (Fsp3) is 0.433. The van der Waals surface area contributed by atoms with Crippen molar-refractivity contribution < 1.29 is 13.9 Å². The zero-order valence-electron chi connectivity index (χ0n) is 20.6. The second-order valence-electron chi connectivity index (χ2n) is 10.3. The fourth-order valence-electron chi connectivity index (χ4n) is 5.37. The predicted octanol–water partition coefficient (Wildman–Crippen LogP) is 6.46. The van der Waals surface area contributed by atoms with Crippen LogP contribution in [0.1, 0.15) is 67.4 Å². The Morgan fingerprint density at radius 2 is 1.79 bits per heavy atom. The second kappa shape index (κ2) is 11.1. The van der Waals surface area contributed by atoms with Crippen LogP contribution in [0.15, 0.2) is 77.4 Å². The Kier molecular flexibility index (Phi) is 7.89. The largest absolute Gasteiger partial charge is 0.469 e. The Morgan fingerprint density at radius 1 is 1.03 bits per heavy atom. The van der Waals surface area contributed by atoms with E-state index in [1.165, 1.54) is 16.7 Å². The number of aryl methyl sites for hydroxylation is 1. The first-order valence-corrected chi connectivity index (χ1v) is 12.4. The molecule has 0 saturated carbocycles. The molecule has 2 aromatic carbocycles. The summed E-state index contributed by atoms with van der Waals surface area (Å²) in [5.41, 5.74) is 3.72. The number of carbonyl (C=O) groups excluding carboxylic acids is 1. The molecular weight excluding hydrogens is 422 g/mol. The lowest BCUT2D eigenvalue weighted by molar-refractivity contribution is -0.122. The van der Waals surface area contributed by atoms with Crippen LogP contribution in [0.5, 0.6) is 0 Å². The molecule has 0 aliphatic carbocycles. The molecule has 180 valence electrons. The summed E-state index contributed by atoms with van der Waals surface area (Å²) in [7, 11) is 0. The van der Waals surface area contributed by atoms with Gasteiger partial charge in [0.2, 0.25) is 5.91 Å². The topological polar surface area (TPSA) is 51.5 Å². The van der Waals surface area contributed by atoms with Gasteiger partial charge in [0.25, 0.3) is 0 Å². The highest BCUT2D eigenvalue weighted by atomic mass is 16.5. The lowest BCUT2D eigenvalue weighted by Crippen LogP contribution is -2.40. The molecule has 1 aliphatic heterocycles. The van der Waals surface area contributed by atoms with Crippen LogP contribution in [-0.4, -0.2) is 25.7 Å². The Bertz CT molecular complexity index is 1020. The molecular formula is C30H37NO3. The van der Waals surface area contributed by atoms with Crippen molar-refractivity contribution >= 4 is 5.91 Å². The molecule has 3 aromatic rings. The van der Waals surface area contributed by atoms with Crippen molar-refractivity contribution in [3.05, 3.63) is 95.4 Å². The zero-order valence-corrected chi connectivity index (χ0v) is 20.6. The van der Waals surface area contributed by atoms with Crippen LogP contribution >= 0.6 is 0 Å². The van der Waals surface area contributed by atoms with Gasteiger partial charge in [-0.05, 0) is 60.3 Å². The van der Waals surface area contributed by atoms with Crippen LogP contribution in [0, 0.1) is 18.3 Å². The van der Waals surface area contributed by atoms with E-state index in [1.807, 2.05) is 18.2 Å². The molecule has 4 rings (SSSR count). The molecule has 4 heteroatoms. The third-order valence-corrected chi connectivity index (χ3v) is 7.29. The number of nitrogens with one attached hydrogen (secondary N) is 1. The summed E-state index contributed by atoms with van der Waals surface area (Å²) >= 11 is 0. The summed E-state index contributed by atoms with van der Waals surface area (Å²) in [4.78, 5) is 13.2. The average molecular weight is 460 g/mol. The van der Waals surface area contributed by atoms with E-state index >= 15 is 0 Å².